The Hall–Kier alpha value is -3.54. The zero-order valence-corrected chi connectivity index (χ0v) is 20.9. The quantitative estimate of drug-likeness (QED) is 0.238. The lowest BCUT2D eigenvalue weighted by Gasteiger charge is -2.09. The van der Waals surface area contributed by atoms with Crippen LogP contribution in [0.4, 0.5) is 0 Å². The molecule has 0 fully saturated rings. The van der Waals surface area contributed by atoms with Gasteiger partial charge in [0.1, 0.15) is 0 Å². The Bertz CT molecular complexity index is 1520. The topological polar surface area (TPSA) is 34.4 Å². The highest BCUT2D eigenvalue weighted by molar-refractivity contribution is 9.10. The number of halogens is 1. The highest BCUT2D eigenvalue weighted by Crippen LogP contribution is 2.35. The first-order chi connectivity index (χ1) is 16.6. The maximum absolute atomic E-state index is 13.0. The van der Waals surface area contributed by atoms with Gasteiger partial charge in [0.25, 0.3) is 5.91 Å². The van der Waals surface area contributed by atoms with Crippen LogP contribution in [-0.4, -0.2) is 10.5 Å². The van der Waals surface area contributed by atoms with Gasteiger partial charge in [0.2, 0.25) is 0 Å². The van der Waals surface area contributed by atoms with Crippen LogP contribution in [0, 0.1) is 0 Å². The third-order valence-corrected chi connectivity index (χ3v) is 7.51. The number of carbonyl (C=O) groups excluding carboxylic acids is 1. The van der Waals surface area contributed by atoms with Crippen molar-refractivity contribution in [2.45, 2.75) is 0 Å². The van der Waals surface area contributed by atoms with Crippen molar-refractivity contribution >= 4 is 33.2 Å². The van der Waals surface area contributed by atoms with E-state index in [1.165, 1.54) is 16.9 Å². The lowest BCUT2D eigenvalue weighted by molar-refractivity contribution is 0.0997. The third-order valence-electron chi connectivity index (χ3n) is 5.63. The molecule has 5 aromatic rings. The number of hydrogen-bond acceptors (Lipinski definition) is 2. The number of aromatic nitrogens is 1. The summed E-state index contributed by atoms with van der Waals surface area (Å²) < 4.78 is 2.75. The van der Waals surface area contributed by atoms with Crippen LogP contribution in [-0.2, 0) is 7.05 Å². The second-order valence-electron chi connectivity index (χ2n) is 7.83. The first-order valence-corrected chi connectivity index (χ1v) is 12.5. The zero-order valence-electron chi connectivity index (χ0n) is 18.5. The molecule has 0 saturated carbocycles. The van der Waals surface area contributed by atoms with E-state index < -0.39 is 0 Å². The normalized spacial score (nSPS) is 11.5. The van der Waals surface area contributed by atoms with Crippen LogP contribution in [0.3, 0.4) is 0 Å². The van der Waals surface area contributed by atoms with Crippen LogP contribution >= 0.6 is 27.3 Å². The van der Waals surface area contributed by atoms with Crippen molar-refractivity contribution in [1.29, 1.82) is 0 Å². The Balaban J connectivity index is 1.64. The van der Waals surface area contributed by atoms with Gasteiger partial charge in [0, 0.05) is 11.5 Å². The smallest absolute Gasteiger partial charge is 0.280 e. The number of hydrogen-bond donors (Lipinski definition) is 0. The van der Waals surface area contributed by atoms with Crippen molar-refractivity contribution in [3.8, 4) is 32.8 Å². The Morgan fingerprint density at radius 3 is 1.88 bits per heavy atom. The van der Waals surface area contributed by atoms with Crippen molar-refractivity contribution in [3.05, 3.63) is 124 Å². The molecule has 4 aromatic carbocycles. The van der Waals surface area contributed by atoms with Gasteiger partial charge < -0.3 is 4.57 Å². The molecule has 0 unspecified atom stereocenters. The molecule has 166 valence electrons. The van der Waals surface area contributed by atoms with E-state index in [9.17, 15) is 4.79 Å². The van der Waals surface area contributed by atoms with E-state index >= 15 is 0 Å². The van der Waals surface area contributed by atoms with Crippen molar-refractivity contribution in [2.24, 2.45) is 12.0 Å². The number of thiazole rings is 1. The zero-order chi connectivity index (χ0) is 23.5. The monoisotopic (exact) mass is 524 g/mol. The Labute approximate surface area is 210 Å². The molecule has 0 atom stereocenters. The van der Waals surface area contributed by atoms with Crippen molar-refractivity contribution < 1.29 is 4.79 Å². The summed E-state index contributed by atoms with van der Waals surface area (Å²) in [7, 11) is 1.97. The van der Waals surface area contributed by atoms with Gasteiger partial charge in [0.05, 0.1) is 16.1 Å². The van der Waals surface area contributed by atoms with Gasteiger partial charge >= 0.3 is 0 Å². The highest BCUT2D eigenvalue weighted by Gasteiger charge is 2.17. The van der Waals surface area contributed by atoms with E-state index in [-0.39, 0.29) is 5.91 Å². The maximum atomic E-state index is 13.0. The molecule has 1 aromatic heterocycles. The minimum atomic E-state index is -0.269. The summed E-state index contributed by atoms with van der Waals surface area (Å²) in [6, 6.07) is 36.5. The Morgan fingerprint density at radius 2 is 1.24 bits per heavy atom. The van der Waals surface area contributed by atoms with E-state index in [1.54, 1.807) is 6.07 Å². The van der Waals surface area contributed by atoms with Gasteiger partial charge in [0.15, 0.2) is 4.80 Å². The van der Waals surface area contributed by atoms with Gasteiger partial charge in [-0.05, 0) is 50.3 Å². The molecule has 0 aliphatic rings. The summed E-state index contributed by atoms with van der Waals surface area (Å²) in [6.07, 6.45) is 0. The Morgan fingerprint density at radius 1 is 0.706 bits per heavy atom. The lowest BCUT2D eigenvalue weighted by atomic mass is 10.0. The van der Waals surface area contributed by atoms with Crippen LogP contribution in [0.25, 0.3) is 32.8 Å². The lowest BCUT2D eigenvalue weighted by Crippen LogP contribution is -2.14. The van der Waals surface area contributed by atoms with Crippen LogP contribution in [0.15, 0.2) is 119 Å². The number of carbonyl (C=O) groups is 1. The summed E-state index contributed by atoms with van der Waals surface area (Å²) in [5.41, 5.74) is 6.10. The van der Waals surface area contributed by atoms with E-state index in [1.807, 2.05) is 66.2 Å². The second-order valence-corrected chi connectivity index (χ2v) is 9.66. The largest absolute Gasteiger partial charge is 0.319 e. The van der Waals surface area contributed by atoms with Crippen LogP contribution in [0.1, 0.15) is 10.4 Å². The minimum absolute atomic E-state index is 0.269. The third kappa shape index (κ3) is 4.45. The standard InChI is InChI=1S/C29H21BrN2OS/c1-32-26(22-18-16-21(17-19-22)20-10-4-2-5-11-20)27(23-12-6-3-7-13-23)34-29(32)31-28(33)24-14-8-9-15-25(24)30/h2-19H,1H3. The number of nitrogens with zero attached hydrogens (tertiary/aromatic N) is 2. The van der Waals surface area contributed by atoms with Gasteiger partial charge in [-0.2, -0.15) is 4.99 Å². The molecule has 3 nitrogen and oxygen atoms in total. The first-order valence-electron chi connectivity index (χ1n) is 10.9. The summed E-state index contributed by atoms with van der Waals surface area (Å²) >= 11 is 4.99. The maximum Gasteiger partial charge on any atom is 0.280 e. The summed E-state index contributed by atoms with van der Waals surface area (Å²) in [5.74, 6) is -0.269. The molecule has 0 saturated heterocycles. The molecule has 5 rings (SSSR count). The highest BCUT2D eigenvalue weighted by atomic mass is 79.9. The fourth-order valence-electron chi connectivity index (χ4n) is 3.90. The molecule has 5 heteroatoms. The SMILES string of the molecule is Cn1c(-c2ccc(-c3ccccc3)cc2)c(-c2ccccc2)sc1=NC(=O)c1ccccc1Br. The molecule has 0 radical (unpaired) electrons. The molecule has 1 heterocycles. The van der Waals surface area contributed by atoms with E-state index in [2.05, 4.69) is 69.5 Å². The van der Waals surface area contributed by atoms with Crippen LogP contribution < -0.4 is 4.80 Å². The fourth-order valence-corrected chi connectivity index (χ4v) is 5.50. The molecule has 0 spiro atoms. The van der Waals surface area contributed by atoms with E-state index in [4.69, 9.17) is 0 Å². The first kappa shape index (κ1) is 22.3. The number of benzene rings is 4. The van der Waals surface area contributed by atoms with Crippen LogP contribution in [0.5, 0.6) is 0 Å². The molecule has 0 aliphatic heterocycles. The van der Waals surface area contributed by atoms with Crippen LogP contribution in [0.2, 0.25) is 0 Å². The molecule has 0 N–H and O–H groups in total. The molecule has 34 heavy (non-hydrogen) atoms. The van der Waals surface area contributed by atoms with E-state index in [0.717, 1.165) is 31.7 Å². The van der Waals surface area contributed by atoms with Crippen molar-refractivity contribution in [3.63, 3.8) is 0 Å². The van der Waals surface area contributed by atoms with Crippen molar-refractivity contribution in [2.75, 3.05) is 0 Å². The fraction of sp³-hybridized carbons (Fsp3) is 0.0345. The molecule has 0 aliphatic carbocycles. The van der Waals surface area contributed by atoms with Gasteiger partial charge in [-0.25, -0.2) is 0 Å². The predicted molar refractivity (Wildman–Crippen MR) is 144 cm³/mol. The second kappa shape index (κ2) is 9.75. The molecular weight excluding hydrogens is 504 g/mol. The average Bonchev–Trinajstić information content (AvgIpc) is 3.21. The predicted octanol–water partition coefficient (Wildman–Crippen LogP) is 7.59. The number of amides is 1. The molecule has 0 bridgehead atoms. The number of rotatable bonds is 4. The summed E-state index contributed by atoms with van der Waals surface area (Å²) in [5, 5.41) is 0. The van der Waals surface area contributed by atoms with Gasteiger partial charge in [-0.15, -0.1) is 0 Å². The average molecular weight is 525 g/mol. The van der Waals surface area contributed by atoms with Crippen molar-refractivity contribution in [1.82, 2.24) is 4.57 Å². The Kier molecular flexibility index (Phi) is 6.39. The van der Waals surface area contributed by atoms with Gasteiger partial charge in [-0.1, -0.05) is 108 Å². The minimum Gasteiger partial charge on any atom is -0.319 e. The van der Waals surface area contributed by atoms with E-state index in [0.29, 0.717) is 10.4 Å². The molecular formula is C29H21BrN2OS. The van der Waals surface area contributed by atoms with Gasteiger partial charge in [-0.3, -0.25) is 4.79 Å². The summed E-state index contributed by atoms with van der Waals surface area (Å²) in [6.45, 7) is 0. The molecule has 1 amide bonds. The summed E-state index contributed by atoms with van der Waals surface area (Å²) in [4.78, 5) is 19.2.